The van der Waals surface area contributed by atoms with E-state index in [1.165, 1.54) is 6.42 Å². The van der Waals surface area contributed by atoms with Crippen molar-refractivity contribution in [2.45, 2.75) is 121 Å². The zero-order chi connectivity index (χ0) is 26.1. The van der Waals surface area contributed by atoms with Crippen LogP contribution in [-0.2, 0) is 11.2 Å². The van der Waals surface area contributed by atoms with E-state index in [0.29, 0.717) is 37.5 Å². The first-order valence-electron chi connectivity index (χ1n) is 14.3. The Labute approximate surface area is 217 Å². The molecule has 6 nitrogen and oxygen atoms in total. The first-order chi connectivity index (χ1) is 17.2. The predicted octanol–water partition coefficient (Wildman–Crippen LogP) is 3.98. The minimum absolute atomic E-state index is 0.130. The van der Waals surface area contributed by atoms with Crippen LogP contribution in [0.25, 0.3) is 0 Å². The summed E-state index contributed by atoms with van der Waals surface area (Å²) < 4.78 is 0. The highest BCUT2D eigenvalue weighted by atomic mass is 16.3. The zero-order valence-electron chi connectivity index (χ0n) is 22.3. The molecule has 1 aromatic rings. The van der Waals surface area contributed by atoms with E-state index in [2.05, 4.69) is 5.32 Å². The van der Waals surface area contributed by atoms with Gasteiger partial charge in [0.2, 0.25) is 5.91 Å². The van der Waals surface area contributed by atoms with Crippen LogP contribution >= 0.6 is 0 Å². The lowest BCUT2D eigenvalue weighted by atomic mass is 9.82. The van der Waals surface area contributed by atoms with E-state index < -0.39 is 36.4 Å². The van der Waals surface area contributed by atoms with Gasteiger partial charge in [-0.2, -0.15) is 0 Å². The molecular formula is C30H49NO5. The van der Waals surface area contributed by atoms with E-state index in [0.717, 1.165) is 44.1 Å². The second kappa shape index (κ2) is 14.5. The van der Waals surface area contributed by atoms with Crippen molar-refractivity contribution in [3.63, 3.8) is 0 Å². The smallest absolute Gasteiger partial charge is 0.226 e. The first-order valence-corrected chi connectivity index (χ1v) is 14.3. The summed E-state index contributed by atoms with van der Waals surface area (Å²) >= 11 is 0. The lowest BCUT2D eigenvalue weighted by molar-refractivity contribution is -0.132. The Hall–Kier alpha value is -1.47. The van der Waals surface area contributed by atoms with Crippen LogP contribution in [0.1, 0.15) is 90.0 Å². The summed E-state index contributed by atoms with van der Waals surface area (Å²) in [6, 6.07) is 9.13. The Kier molecular flexibility index (Phi) is 11.7. The normalized spacial score (nSPS) is 22.0. The van der Waals surface area contributed by atoms with E-state index in [9.17, 15) is 25.2 Å². The molecule has 204 valence electrons. The lowest BCUT2D eigenvalue weighted by Gasteiger charge is -2.34. The lowest BCUT2D eigenvalue weighted by Crippen LogP contribution is -2.52. The third-order valence-corrected chi connectivity index (χ3v) is 8.07. The third-order valence-electron chi connectivity index (χ3n) is 8.07. The molecule has 0 radical (unpaired) electrons. The molecule has 0 bridgehead atoms. The van der Waals surface area contributed by atoms with Crippen LogP contribution in [-0.4, -0.2) is 56.8 Å². The topological polar surface area (TPSA) is 110 Å². The van der Waals surface area contributed by atoms with Crippen LogP contribution in [0.4, 0.5) is 0 Å². The second-order valence-electron chi connectivity index (χ2n) is 12.0. The van der Waals surface area contributed by atoms with Gasteiger partial charge in [-0.15, -0.1) is 0 Å². The maximum atomic E-state index is 13.5. The molecule has 1 aromatic carbocycles. The van der Waals surface area contributed by atoms with Gasteiger partial charge in [0.25, 0.3) is 0 Å². The van der Waals surface area contributed by atoms with E-state index in [1.54, 1.807) is 0 Å². The minimum atomic E-state index is -1.04. The van der Waals surface area contributed by atoms with Gasteiger partial charge in [-0.25, -0.2) is 0 Å². The molecule has 2 aliphatic rings. The molecule has 36 heavy (non-hydrogen) atoms. The van der Waals surface area contributed by atoms with Gasteiger partial charge in [0.05, 0.1) is 30.3 Å². The highest BCUT2D eigenvalue weighted by Gasteiger charge is 2.38. The number of hydrogen-bond acceptors (Lipinski definition) is 5. The van der Waals surface area contributed by atoms with Crippen molar-refractivity contribution in [2.24, 2.45) is 23.7 Å². The van der Waals surface area contributed by atoms with Crippen molar-refractivity contribution < 1.29 is 25.2 Å². The number of hydrogen-bond donors (Lipinski definition) is 5. The summed E-state index contributed by atoms with van der Waals surface area (Å²) in [5.74, 6) is 0.180. The van der Waals surface area contributed by atoms with Crippen molar-refractivity contribution in [1.82, 2.24) is 5.32 Å². The summed E-state index contributed by atoms with van der Waals surface area (Å²) in [6.07, 6.45) is 6.46. The molecule has 6 heteroatoms. The van der Waals surface area contributed by atoms with E-state index >= 15 is 0 Å². The quantitative estimate of drug-likeness (QED) is 0.249. The van der Waals surface area contributed by atoms with Crippen LogP contribution in [0.2, 0.25) is 0 Å². The van der Waals surface area contributed by atoms with Crippen molar-refractivity contribution in [1.29, 1.82) is 0 Å². The molecule has 0 spiro atoms. The zero-order valence-corrected chi connectivity index (χ0v) is 22.3. The first kappa shape index (κ1) is 29.1. The summed E-state index contributed by atoms with van der Waals surface area (Å²) in [7, 11) is 0. The number of aliphatic hydroxyl groups excluding tert-OH is 4. The van der Waals surface area contributed by atoms with Gasteiger partial charge in [-0.3, -0.25) is 4.79 Å². The van der Waals surface area contributed by atoms with Gasteiger partial charge >= 0.3 is 0 Å². The van der Waals surface area contributed by atoms with Crippen LogP contribution in [0, 0.1) is 23.7 Å². The van der Waals surface area contributed by atoms with Crippen molar-refractivity contribution in [3.8, 4) is 0 Å². The fraction of sp³-hybridized carbons (Fsp3) is 0.767. The molecule has 3 rings (SSSR count). The highest BCUT2D eigenvalue weighted by molar-refractivity contribution is 5.79. The van der Waals surface area contributed by atoms with Crippen LogP contribution < -0.4 is 5.32 Å². The largest absolute Gasteiger partial charge is 0.393 e. The van der Waals surface area contributed by atoms with Crippen LogP contribution in [0.5, 0.6) is 0 Å². The predicted molar refractivity (Wildman–Crippen MR) is 142 cm³/mol. The number of amides is 1. The molecule has 0 unspecified atom stereocenters. The van der Waals surface area contributed by atoms with Gasteiger partial charge in [-0.05, 0) is 49.0 Å². The molecule has 6 atom stereocenters. The molecule has 0 heterocycles. The number of nitrogens with one attached hydrogen (secondary N) is 1. The summed E-state index contributed by atoms with van der Waals surface area (Å²) in [6.45, 7) is 4.01. The number of rotatable bonds is 15. The van der Waals surface area contributed by atoms with Gasteiger partial charge < -0.3 is 25.7 Å². The standard InChI is InChI=1S/C30H49NO5/c1-20(2)15-28(34)29(35)26(18-22-11-7-4-8-12-22)31-30(36)25(17-23-13-14-23)27(33)19-24(32)16-21-9-5-3-6-10-21/h3,5-6,9-10,20,22-29,32-35H,4,7-8,11-19H2,1-2H3,(H,31,36)/t24-,25+,26-,27+,28-,29+/m0/s1. The summed E-state index contributed by atoms with van der Waals surface area (Å²) in [5.41, 5.74) is 0.996. The highest BCUT2D eigenvalue weighted by Crippen LogP contribution is 2.37. The van der Waals surface area contributed by atoms with Crippen molar-refractivity contribution in [3.05, 3.63) is 35.9 Å². The van der Waals surface area contributed by atoms with E-state index in [4.69, 9.17) is 0 Å². The molecule has 0 saturated heterocycles. The molecule has 2 aliphatic carbocycles. The monoisotopic (exact) mass is 503 g/mol. The van der Waals surface area contributed by atoms with Crippen LogP contribution in [0.15, 0.2) is 30.3 Å². The average molecular weight is 504 g/mol. The van der Waals surface area contributed by atoms with Gasteiger partial charge in [0.1, 0.15) is 6.10 Å². The Bertz CT molecular complexity index is 762. The fourth-order valence-electron chi connectivity index (χ4n) is 5.81. The van der Waals surface area contributed by atoms with Crippen molar-refractivity contribution in [2.75, 3.05) is 0 Å². The Balaban J connectivity index is 1.66. The van der Waals surface area contributed by atoms with Crippen molar-refractivity contribution >= 4 is 5.91 Å². The maximum Gasteiger partial charge on any atom is 0.226 e. The SMILES string of the molecule is CC(C)C[C@H](O)[C@H](O)[C@H](CC1CCCCC1)NC(=O)[C@H](CC1CC1)[C@H](O)C[C@@H](O)Cc1ccccc1. The van der Waals surface area contributed by atoms with E-state index in [-0.39, 0.29) is 18.2 Å². The molecule has 2 saturated carbocycles. The number of carbonyl (C=O) groups is 1. The fourth-order valence-corrected chi connectivity index (χ4v) is 5.81. The number of aliphatic hydroxyl groups is 4. The van der Waals surface area contributed by atoms with Gasteiger partial charge in [0.15, 0.2) is 0 Å². The van der Waals surface area contributed by atoms with Crippen LogP contribution in [0.3, 0.4) is 0 Å². The maximum absolute atomic E-state index is 13.5. The second-order valence-corrected chi connectivity index (χ2v) is 12.0. The van der Waals surface area contributed by atoms with Gasteiger partial charge in [-0.1, -0.05) is 89.1 Å². The molecule has 1 amide bonds. The molecule has 0 aromatic heterocycles. The summed E-state index contributed by atoms with van der Waals surface area (Å²) in [4.78, 5) is 13.5. The molecular weight excluding hydrogens is 454 g/mol. The molecule has 2 fully saturated rings. The average Bonchev–Trinajstić information content (AvgIpc) is 3.66. The third kappa shape index (κ3) is 9.77. The number of carbonyl (C=O) groups excluding carboxylic acids is 1. The van der Waals surface area contributed by atoms with Gasteiger partial charge in [0, 0.05) is 6.42 Å². The Morgan fingerprint density at radius 3 is 2.11 bits per heavy atom. The molecule has 0 aliphatic heterocycles. The summed E-state index contributed by atoms with van der Waals surface area (Å²) in [5, 5.41) is 46.5. The Morgan fingerprint density at radius 2 is 1.50 bits per heavy atom. The molecule has 5 N–H and O–H groups in total. The Morgan fingerprint density at radius 1 is 0.861 bits per heavy atom. The number of benzene rings is 1. The van der Waals surface area contributed by atoms with E-state index in [1.807, 2.05) is 44.2 Å². The minimum Gasteiger partial charge on any atom is -0.393 e.